The first kappa shape index (κ1) is 11.5. The number of carbonyl (C=O) groups is 2. The zero-order valence-electron chi connectivity index (χ0n) is 9.30. The summed E-state index contributed by atoms with van der Waals surface area (Å²) in [5, 5.41) is 12.9. The lowest BCUT2D eigenvalue weighted by molar-refractivity contribution is -0.119. The van der Waals surface area contributed by atoms with Crippen LogP contribution in [0.5, 0.6) is 0 Å². The molecular weight excluding hydrogens is 224 g/mol. The van der Waals surface area contributed by atoms with E-state index in [4.69, 9.17) is 5.73 Å². The van der Waals surface area contributed by atoms with E-state index in [1.165, 1.54) is 0 Å². The van der Waals surface area contributed by atoms with E-state index in [0.29, 0.717) is 19.5 Å². The molecule has 1 fully saturated rings. The fourth-order valence-corrected chi connectivity index (χ4v) is 2.02. The zero-order valence-corrected chi connectivity index (χ0v) is 9.30. The number of piperidine rings is 1. The molecule has 2 amide bonds. The van der Waals surface area contributed by atoms with Crippen molar-refractivity contribution >= 4 is 11.8 Å². The quantitative estimate of drug-likeness (QED) is 0.695. The number of nitrogens with one attached hydrogen (secondary N) is 1. The topological polar surface area (TPSA) is 118 Å². The van der Waals surface area contributed by atoms with Gasteiger partial charge in [-0.2, -0.15) is 5.21 Å². The van der Waals surface area contributed by atoms with Crippen LogP contribution in [0.15, 0.2) is 0 Å². The van der Waals surface area contributed by atoms with Gasteiger partial charge in [-0.05, 0) is 24.0 Å². The third-order valence-electron chi connectivity index (χ3n) is 2.93. The number of aromatic nitrogens is 4. The van der Waals surface area contributed by atoms with Crippen LogP contribution in [0.1, 0.15) is 29.9 Å². The Morgan fingerprint density at radius 1 is 1.41 bits per heavy atom. The number of likely N-dealkylation sites (tertiary alicyclic amines) is 1. The molecule has 8 heteroatoms. The van der Waals surface area contributed by atoms with Gasteiger partial charge in [-0.25, -0.2) is 0 Å². The van der Waals surface area contributed by atoms with Gasteiger partial charge in [0, 0.05) is 19.5 Å². The number of nitrogens with zero attached hydrogens (tertiary/aromatic N) is 4. The third kappa shape index (κ3) is 2.77. The number of carbonyl (C=O) groups excluding carboxylic acids is 2. The molecule has 0 saturated carbocycles. The van der Waals surface area contributed by atoms with Gasteiger partial charge in [0.25, 0.3) is 11.7 Å². The Kier molecular flexibility index (Phi) is 3.31. The van der Waals surface area contributed by atoms with E-state index >= 15 is 0 Å². The Hall–Kier alpha value is -1.99. The number of amides is 2. The van der Waals surface area contributed by atoms with Crippen LogP contribution in [0, 0.1) is 5.92 Å². The summed E-state index contributed by atoms with van der Waals surface area (Å²) in [6.45, 7) is 1.20. The summed E-state index contributed by atoms with van der Waals surface area (Å²) in [5.74, 6) is -0.149. The first-order chi connectivity index (χ1) is 8.16. The summed E-state index contributed by atoms with van der Waals surface area (Å²) in [7, 11) is 0. The van der Waals surface area contributed by atoms with Crippen molar-refractivity contribution in [2.75, 3.05) is 13.1 Å². The van der Waals surface area contributed by atoms with E-state index in [1.54, 1.807) is 4.90 Å². The van der Waals surface area contributed by atoms with Crippen molar-refractivity contribution in [2.45, 2.75) is 19.3 Å². The van der Waals surface area contributed by atoms with Crippen molar-refractivity contribution in [2.24, 2.45) is 11.7 Å². The van der Waals surface area contributed by atoms with Gasteiger partial charge in [-0.3, -0.25) is 9.59 Å². The zero-order chi connectivity index (χ0) is 12.3. The average molecular weight is 238 g/mol. The molecule has 17 heavy (non-hydrogen) atoms. The van der Waals surface area contributed by atoms with Crippen molar-refractivity contribution in [3.05, 3.63) is 5.82 Å². The minimum absolute atomic E-state index is 0.0818. The van der Waals surface area contributed by atoms with Crippen LogP contribution in [-0.4, -0.2) is 50.4 Å². The van der Waals surface area contributed by atoms with E-state index in [2.05, 4.69) is 20.6 Å². The standard InChI is InChI=1S/C9H14N6O2/c10-7(16)5-6-1-3-15(4-2-6)9(17)8-11-13-14-12-8/h6H,1-5H2,(H2,10,16)(H,11,12,13,14). The van der Waals surface area contributed by atoms with Crippen molar-refractivity contribution in [3.8, 4) is 0 Å². The van der Waals surface area contributed by atoms with Gasteiger partial charge >= 0.3 is 0 Å². The van der Waals surface area contributed by atoms with Gasteiger partial charge in [0.05, 0.1) is 0 Å². The highest BCUT2D eigenvalue weighted by Crippen LogP contribution is 2.20. The van der Waals surface area contributed by atoms with Crippen LogP contribution >= 0.6 is 0 Å². The fraction of sp³-hybridized carbons (Fsp3) is 0.667. The molecule has 0 aromatic carbocycles. The molecule has 0 radical (unpaired) electrons. The summed E-state index contributed by atoms with van der Waals surface area (Å²) in [6, 6.07) is 0. The van der Waals surface area contributed by atoms with Crippen molar-refractivity contribution in [1.29, 1.82) is 0 Å². The Morgan fingerprint density at radius 3 is 2.65 bits per heavy atom. The van der Waals surface area contributed by atoms with Crippen LogP contribution in [0.3, 0.4) is 0 Å². The van der Waals surface area contributed by atoms with Gasteiger partial charge in [-0.15, -0.1) is 10.2 Å². The van der Waals surface area contributed by atoms with E-state index in [-0.39, 0.29) is 23.6 Å². The molecule has 1 aliphatic rings. The summed E-state index contributed by atoms with van der Waals surface area (Å²) in [4.78, 5) is 24.3. The fourth-order valence-electron chi connectivity index (χ4n) is 2.02. The smallest absolute Gasteiger partial charge is 0.295 e. The highest BCUT2D eigenvalue weighted by molar-refractivity contribution is 5.90. The summed E-state index contributed by atoms with van der Waals surface area (Å²) < 4.78 is 0. The largest absolute Gasteiger partial charge is 0.370 e. The number of rotatable bonds is 3. The third-order valence-corrected chi connectivity index (χ3v) is 2.93. The molecule has 0 aliphatic carbocycles. The number of primary amides is 1. The molecule has 1 saturated heterocycles. The number of nitrogens with two attached hydrogens (primary N) is 1. The van der Waals surface area contributed by atoms with E-state index in [1.807, 2.05) is 0 Å². The highest BCUT2D eigenvalue weighted by atomic mass is 16.2. The van der Waals surface area contributed by atoms with Crippen LogP contribution in [0.4, 0.5) is 0 Å². The lowest BCUT2D eigenvalue weighted by atomic mass is 9.93. The number of hydrogen-bond acceptors (Lipinski definition) is 5. The maximum absolute atomic E-state index is 11.8. The number of hydrogen-bond donors (Lipinski definition) is 2. The van der Waals surface area contributed by atoms with Crippen molar-refractivity contribution in [3.63, 3.8) is 0 Å². The van der Waals surface area contributed by atoms with Crippen LogP contribution < -0.4 is 5.73 Å². The molecule has 1 aromatic rings. The van der Waals surface area contributed by atoms with E-state index in [9.17, 15) is 9.59 Å². The first-order valence-corrected chi connectivity index (χ1v) is 5.48. The molecule has 1 aromatic heterocycles. The summed E-state index contributed by atoms with van der Waals surface area (Å²) in [5.41, 5.74) is 5.14. The minimum Gasteiger partial charge on any atom is -0.370 e. The maximum atomic E-state index is 11.8. The van der Waals surface area contributed by atoms with Gasteiger partial charge < -0.3 is 10.6 Å². The molecular formula is C9H14N6O2. The molecule has 2 rings (SSSR count). The monoisotopic (exact) mass is 238 g/mol. The predicted molar refractivity (Wildman–Crippen MR) is 56.6 cm³/mol. The average Bonchev–Trinajstić information content (AvgIpc) is 2.82. The van der Waals surface area contributed by atoms with Crippen LogP contribution in [0.2, 0.25) is 0 Å². The molecule has 8 nitrogen and oxygen atoms in total. The van der Waals surface area contributed by atoms with Gasteiger partial charge in [0.2, 0.25) is 5.91 Å². The lowest BCUT2D eigenvalue weighted by Crippen LogP contribution is -2.39. The number of aromatic amines is 1. The molecule has 3 N–H and O–H groups in total. The number of tetrazole rings is 1. The SMILES string of the molecule is NC(=O)CC1CCN(C(=O)c2nn[nH]n2)CC1. The van der Waals surface area contributed by atoms with Gasteiger partial charge in [-0.1, -0.05) is 0 Å². The second-order valence-corrected chi connectivity index (χ2v) is 4.14. The normalized spacial score (nSPS) is 17.1. The van der Waals surface area contributed by atoms with E-state index < -0.39 is 0 Å². The molecule has 0 bridgehead atoms. The Labute approximate surface area is 97.5 Å². The lowest BCUT2D eigenvalue weighted by Gasteiger charge is -2.30. The summed E-state index contributed by atoms with van der Waals surface area (Å²) in [6.07, 6.45) is 1.96. The second-order valence-electron chi connectivity index (χ2n) is 4.14. The maximum Gasteiger partial charge on any atom is 0.295 e. The van der Waals surface area contributed by atoms with Gasteiger partial charge in [0.1, 0.15) is 0 Å². The molecule has 0 unspecified atom stereocenters. The van der Waals surface area contributed by atoms with Crippen LogP contribution in [-0.2, 0) is 4.79 Å². The van der Waals surface area contributed by atoms with Crippen molar-refractivity contribution in [1.82, 2.24) is 25.5 Å². The molecule has 0 atom stereocenters. The number of H-pyrrole nitrogens is 1. The molecule has 1 aliphatic heterocycles. The second kappa shape index (κ2) is 4.89. The molecule has 0 spiro atoms. The predicted octanol–water partition coefficient (Wildman–Crippen LogP) is -1.07. The Balaban J connectivity index is 1.87. The first-order valence-electron chi connectivity index (χ1n) is 5.48. The molecule has 92 valence electrons. The highest BCUT2D eigenvalue weighted by Gasteiger charge is 2.26. The summed E-state index contributed by atoms with van der Waals surface area (Å²) >= 11 is 0. The minimum atomic E-state index is -0.284. The Morgan fingerprint density at radius 2 is 2.12 bits per heavy atom. The molecule has 2 heterocycles. The van der Waals surface area contributed by atoms with Crippen molar-refractivity contribution < 1.29 is 9.59 Å². The Bertz CT molecular complexity index is 396. The van der Waals surface area contributed by atoms with E-state index in [0.717, 1.165) is 12.8 Å². The van der Waals surface area contributed by atoms with Gasteiger partial charge in [0.15, 0.2) is 0 Å². The van der Waals surface area contributed by atoms with Crippen LogP contribution in [0.25, 0.3) is 0 Å².